The smallest absolute Gasteiger partial charge is 0.339 e. The number of thiazole rings is 1. The lowest BCUT2D eigenvalue weighted by molar-refractivity contribution is -0.118. The van der Waals surface area contributed by atoms with Crippen molar-refractivity contribution in [3.8, 4) is 11.3 Å². The zero-order valence-electron chi connectivity index (χ0n) is 13.0. The number of anilines is 1. The highest BCUT2D eigenvalue weighted by atomic mass is 32.1. The summed E-state index contributed by atoms with van der Waals surface area (Å²) in [5.41, 5.74) is 2.99. The molecule has 1 aliphatic heterocycles. The third kappa shape index (κ3) is 3.48. The molecule has 0 spiro atoms. The number of cyclic esters (lactones) is 1. The van der Waals surface area contributed by atoms with Gasteiger partial charge in [0.1, 0.15) is 6.10 Å². The van der Waals surface area contributed by atoms with Gasteiger partial charge < -0.3 is 10.1 Å². The fraction of sp³-hybridized carbons (Fsp3) is 0.158. The first kappa shape index (κ1) is 17.8. The summed E-state index contributed by atoms with van der Waals surface area (Å²) >= 11 is 1.35. The number of esters is 1. The quantitative estimate of drug-likeness (QED) is 0.703. The molecule has 1 unspecified atom stereocenters. The molecule has 132 valence electrons. The van der Waals surface area contributed by atoms with Crippen molar-refractivity contribution in [2.75, 3.05) is 5.32 Å². The number of benzene rings is 1. The van der Waals surface area contributed by atoms with Crippen LogP contribution >= 0.6 is 11.3 Å². The van der Waals surface area contributed by atoms with Gasteiger partial charge in [-0.25, -0.2) is 9.78 Å². The van der Waals surface area contributed by atoms with Gasteiger partial charge in [-0.1, -0.05) is 25.6 Å². The number of nitrogens with one attached hydrogen (secondary N) is 1. The van der Waals surface area contributed by atoms with Crippen LogP contribution in [0.2, 0.25) is 0 Å². The lowest BCUT2D eigenvalue weighted by Crippen LogP contribution is -2.15. The van der Waals surface area contributed by atoms with Gasteiger partial charge >= 0.3 is 5.97 Å². The minimum Gasteiger partial charge on any atom is -0.453 e. The van der Waals surface area contributed by atoms with E-state index >= 15 is 0 Å². The summed E-state index contributed by atoms with van der Waals surface area (Å²) < 4.78 is 5.29. The van der Waals surface area contributed by atoms with Crippen LogP contribution in [0.5, 0.6) is 0 Å². The van der Waals surface area contributed by atoms with Gasteiger partial charge in [0.25, 0.3) is 0 Å². The molecule has 7 heteroatoms. The first-order valence-electron chi connectivity index (χ1n) is 7.66. The normalized spacial score (nSPS) is 14.9. The van der Waals surface area contributed by atoms with E-state index in [9.17, 15) is 9.59 Å². The van der Waals surface area contributed by atoms with Crippen LogP contribution in [0.25, 0.3) is 11.3 Å². The number of hydrogen-bond acceptors (Lipinski definition) is 6. The molecule has 0 bridgehead atoms. The Morgan fingerprint density at radius 1 is 1.19 bits per heavy atom. The topological polar surface area (TPSA) is 81.2 Å². The van der Waals surface area contributed by atoms with E-state index in [0.717, 1.165) is 16.8 Å². The highest BCUT2D eigenvalue weighted by Gasteiger charge is 2.32. The number of hydrogen-bond donors (Lipinski definition) is 1. The molecular weight excluding hydrogens is 350 g/mol. The molecule has 3 heterocycles. The van der Waals surface area contributed by atoms with Crippen LogP contribution in [0.3, 0.4) is 0 Å². The van der Waals surface area contributed by atoms with Crippen molar-refractivity contribution in [2.24, 2.45) is 0 Å². The number of amides is 1. The number of nitrogens with zero attached hydrogens (tertiary/aromatic N) is 2. The number of pyridine rings is 1. The van der Waals surface area contributed by atoms with Crippen molar-refractivity contribution in [1.29, 1.82) is 0 Å². The summed E-state index contributed by atoms with van der Waals surface area (Å²) in [4.78, 5) is 32.5. The maximum atomic E-state index is 12.3. The molecule has 0 saturated heterocycles. The fourth-order valence-electron chi connectivity index (χ4n) is 2.70. The first-order valence-corrected chi connectivity index (χ1v) is 8.54. The van der Waals surface area contributed by atoms with Crippen LogP contribution in [-0.4, -0.2) is 21.8 Å². The zero-order chi connectivity index (χ0) is 17.2. The van der Waals surface area contributed by atoms with E-state index in [1.807, 2.05) is 29.6 Å². The largest absolute Gasteiger partial charge is 0.453 e. The van der Waals surface area contributed by atoms with Gasteiger partial charge in [-0.3, -0.25) is 9.78 Å². The highest BCUT2D eigenvalue weighted by Crippen LogP contribution is 2.33. The summed E-state index contributed by atoms with van der Waals surface area (Å²) in [6, 6.07) is 10.8. The molecular formula is C19H17N3O3S. The van der Waals surface area contributed by atoms with Crippen LogP contribution in [0.1, 0.15) is 35.9 Å². The van der Waals surface area contributed by atoms with Crippen molar-refractivity contribution in [2.45, 2.75) is 20.0 Å². The lowest BCUT2D eigenvalue weighted by atomic mass is 10.0. The standard InChI is InChI=1S/C18H13N3O3S.CH4/c22-16(9-15-12-3-1-2-4-13(12)17(23)24-15)21-18-20-14(10-25-18)11-5-7-19-8-6-11;/h1-8,10,15H,9H2,(H,20,21,22);1H4. The Morgan fingerprint density at radius 2 is 1.96 bits per heavy atom. The van der Waals surface area contributed by atoms with Crippen LogP contribution in [-0.2, 0) is 9.53 Å². The van der Waals surface area contributed by atoms with Crippen molar-refractivity contribution in [1.82, 2.24) is 9.97 Å². The number of rotatable bonds is 4. The minimum absolute atomic E-state index is 0. The van der Waals surface area contributed by atoms with Gasteiger partial charge in [-0.2, -0.15) is 0 Å². The van der Waals surface area contributed by atoms with Crippen LogP contribution < -0.4 is 5.32 Å². The molecule has 4 rings (SSSR count). The summed E-state index contributed by atoms with van der Waals surface area (Å²) in [7, 11) is 0. The van der Waals surface area contributed by atoms with Gasteiger partial charge in [-0.15, -0.1) is 11.3 Å². The van der Waals surface area contributed by atoms with Gasteiger partial charge in [0.15, 0.2) is 5.13 Å². The third-order valence-corrected chi connectivity index (χ3v) is 4.63. The van der Waals surface area contributed by atoms with E-state index in [-0.39, 0.29) is 25.7 Å². The van der Waals surface area contributed by atoms with Crippen molar-refractivity contribution < 1.29 is 14.3 Å². The Kier molecular flexibility index (Phi) is 5.09. The number of ether oxygens (including phenoxy) is 1. The molecule has 0 fully saturated rings. The third-order valence-electron chi connectivity index (χ3n) is 3.87. The molecule has 1 aliphatic rings. The van der Waals surface area contributed by atoms with Crippen molar-refractivity contribution >= 4 is 28.3 Å². The molecule has 0 saturated carbocycles. The summed E-state index contributed by atoms with van der Waals surface area (Å²) in [6.45, 7) is 0. The van der Waals surface area contributed by atoms with E-state index in [4.69, 9.17) is 4.74 Å². The minimum atomic E-state index is -0.552. The molecule has 1 amide bonds. The molecule has 2 aromatic heterocycles. The van der Waals surface area contributed by atoms with Crippen LogP contribution in [0.15, 0.2) is 54.2 Å². The highest BCUT2D eigenvalue weighted by molar-refractivity contribution is 7.14. The SMILES string of the molecule is C.O=C(CC1OC(=O)c2ccccc21)Nc1nc(-c2ccncc2)cs1. The molecule has 1 aromatic carbocycles. The van der Waals surface area contributed by atoms with E-state index in [1.54, 1.807) is 24.5 Å². The second kappa shape index (κ2) is 7.45. The maximum absolute atomic E-state index is 12.3. The summed E-state index contributed by atoms with van der Waals surface area (Å²) in [6.07, 6.45) is 2.90. The monoisotopic (exact) mass is 367 g/mol. The second-order valence-corrected chi connectivity index (χ2v) is 6.37. The van der Waals surface area contributed by atoms with E-state index in [0.29, 0.717) is 10.7 Å². The average Bonchev–Trinajstić information content (AvgIpc) is 3.21. The number of carbonyl (C=O) groups is 2. The summed E-state index contributed by atoms with van der Waals surface area (Å²) in [5, 5.41) is 5.15. The Balaban J connectivity index is 0.00000196. The Bertz CT molecular complexity index is 940. The van der Waals surface area contributed by atoms with E-state index < -0.39 is 6.10 Å². The average molecular weight is 367 g/mol. The molecule has 6 nitrogen and oxygen atoms in total. The van der Waals surface area contributed by atoms with Crippen LogP contribution in [0, 0.1) is 0 Å². The molecule has 1 atom stereocenters. The van der Waals surface area contributed by atoms with Crippen molar-refractivity contribution in [3.63, 3.8) is 0 Å². The van der Waals surface area contributed by atoms with Gasteiger partial charge in [0, 0.05) is 28.9 Å². The number of carbonyl (C=O) groups excluding carboxylic acids is 2. The van der Waals surface area contributed by atoms with Crippen molar-refractivity contribution in [3.05, 3.63) is 65.3 Å². The number of aromatic nitrogens is 2. The Hall–Kier alpha value is -3.06. The Labute approximate surface area is 154 Å². The van der Waals surface area contributed by atoms with E-state index in [2.05, 4.69) is 15.3 Å². The predicted molar refractivity (Wildman–Crippen MR) is 99.9 cm³/mol. The van der Waals surface area contributed by atoms with Gasteiger partial charge in [0.05, 0.1) is 17.7 Å². The fourth-order valence-corrected chi connectivity index (χ4v) is 3.43. The predicted octanol–water partition coefficient (Wildman–Crippen LogP) is 4.08. The second-order valence-electron chi connectivity index (χ2n) is 5.51. The van der Waals surface area contributed by atoms with Gasteiger partial charge in [-0.05, 0) is 18.2 Å². The molecule has 26 heavy (non-hydrogen) atoms. The maximum Gasteiger partial charge on any atom is 0.339 e. The molecule has 0 radical (unpaired) electrons. The van der Waals surface area contributed by atoms with E-state index in [1.165, 1.54) is 11.3 Å². The Morgan fingerprint density at radius 3 is 2.77 bits per heavy atom. The molecule has 0 aliphatic carbocycles. The number of fused-ring (bicyclic) bond motifs is 1. The molecule has 3 aromatic rings. The van der Waals surface area contributed by atoms with Crippen LogP contribution in [0.4, 0.5) is 5.13 Å². The lowest BCUT2D eigenvalue weighted by Gasteiger charge is -2.09. The summed E-state index contributed by atoms with van der Waals surface area (Å²) in [5.74, 6) is -0.632. The van der Waals surface area contributed by atoms with Gasteiger partial charge in [0.2, 0.25) is 5.91 Å². The molecule has 1 N–H and O–H groups in total. The zero-order valence-corrected chi connectivity index (χ0v) is 13.8. The first-order chi connectivity index (χ1) is 12.2.